The Bertz CT molecular complexity index is 655. The van der Waals surface area contributed by atoms with Gasteiger partial charge in [-0.1, -0.05) is 40.2 Å². The number of benzene rings is 2. The molecule has 0 aromatic heterocycles. The summed E-state index contributed by atoms with van der Waals surface area (Å²) >= 11 is 3.44. The molecule has 0 aliphatic rings. The van der Waals surface area contributed by atoms with E-state index in [0.29, 0.717) is 0 Å². The molecule has 0 aliphatic carbocycles. The number of ether oxygens (including phenoxy) is 2. The summed E-state index contributed by atoms with van der Waals surface area (Å²) in [6, 6.07) is 15.8. The quantitative estimate of drug-likeness (QED) is 0.709. The Labute approximate surface area is 151 Å². The lowest BCUT2D eigenvalue weighted by molar-refractivity contribution is -0.141. The van der Waals surface area contributed by atoms with Gasteiger partial charge in [-0.05, 0) is 42.3 Å². The highest BCUT2D eigenvalue weighted by molar-refractivity contribution is 9.10. The van der Waals surface area contributed by atoms with Gasteiger partial charge in [-0.2, -0.15) is 0 Å². The molecule has 0 heterocycles. The fourth-order valence-corrected chi connectivity index (χ4v) is 2.77. The summed E-state index contributed by atoms with van der Waals surface area (Å²) < 4.78 is 11.0. The molecule has 5 heteroatoms. The number of rotatable bonds is 7. The molecule has 0 radical (unpaired) electrons. The molecule has 2 atom stereocenters. The highest BCUT2D eigenvalue weighted by Crippen LogP contribution is 2.25. The zero-order chi connectivity index (χ0) is 17.5. The van der Waals surface area contributed by atoms with Crippen molar-refractivity contribution in [1.82, 2.24) is 5.32 Å². The van der Waals surface area contributed by atoms with Gasteiger partial charge in [0, 0.05) is 16.6 Å². The number of hydrogen-bond donors (Lipinski definition) is 1. The number of nitrogens with one attached hydrogen (secondary N) is 1. The van der Waals surface area contributed by atoms with Crippen LogP contribution >= 0.6 is 15.9 Å². The molecule has 0 fully saturated rings. The second-order valence-electron chi connectivity index (χ2n) is 5.55. The van der Waals surface area contributed by atoms with Gasteiger partial charge < -0.3 is 14.8 Å². The number of carbonyl (C=O) groups excluding carboxylic acids is 1. The number of hydrogen-bond acceptors (Lipinski definition) is 4. The van der Waals surface area contributed by atoms with Crippen LogP contribution < -0.4 is 10.1 Å². The van der Waals surface area contributed by atoms with Crippen molar-refractivity contribution in [3.05, 3.63) is 64.1 Å². The van der Waals surface area contributed by atoms with Crippen LogP contribution in [0.3, 0.4) is 0 Å². The normalized spacial score (nSPS) is 13.2. The second kappa shape index (κ2) is 8.85. The predicted octanol–water partition coefficient (Wildman–Crippen LogP) is 4.41. The summed E-state index contributed by atoms with van der Waals surface area (Å²) in [6.07, 6.45) is 0.276. The molecule has 2 aromatic rings. The lowest BCUT2D eigenvalue weighted by Crippen LogP contribution is -2.27. The van der Waals surface area contributed by atoms with Crippen molar-refractivity contribution in [3.8, 4) is 5.75 Å². The first-order valence-corrected chi connectivity index (χ1v) is 8.55. The third-order valence-corrected chi connectivity index (χ3v) is 4.47. The van der Waals surface area contributed by atoms with Gasteiger partial charge in [-0.15, -0.1) is 0 Å². The minimum Gasteiger partial charge on any atom is -0.497 e. The van der Waals surface area contributed by atoms with Gasteiger partial charge >= 0.3 is 5.97 Å². The fraction of sp³-hybridized carbons (Fsp3) is 0.316. The van der Waals surface area contributed by atoms with Gasteiger partial charge in [-0.25, -0.2) is 0 Å². The van der Waals surface area contributed by atoms with Gasteiger partial charge in [0.15, 0.2) is 0 Å². The zero-order valence-electron chi connectivity index (χ0n) is 14.1. The van der Waals surface area contributed by atoms with E-state index < -0.39 is 0 Å². The number of carbonyl (C=O) groups is 1. The maximum absolute atomic E-state index is 11.8. The topological polar surface area (TPSA) is 47.6 Å². The minimum atomic E-state index is -0.239. The SMILES string of the molecule is COC(=O)C[C@H](N[C@H](C)c1ccc(OC)cc1)c1ccc(Br)cc1. The molecule has 0 saturated heterocycles. The van der Waals surface area contributed by atoms with Crippen LogP contribution in [0.2, 0.25) is 0 Å². The van der Waals surface area contributed by atoms with Crippen molar-refractivity contribution in [3.63, 3.8) is 0 Å². The van der Waals surface area contributed by atoms with E-state index in [-0.39, 0.29) is 24.5 Å². The highest BCUT2D eigenvalue weighted by atomic mass is 79.9. The molecule has 4 nitrogen and oxygen atoms in total. The molecule has 128 valence electrons. The molecule has 1 N–H and O–H groups in total. The molecule has 0 spiro atoms. The third-order valence-electron chi connectivity index (χ3n) is 3.94. The molecule has 0 saturated carbocycles. The Kier molecular flexibility index (Phi) is 6.82. The summed E-state index contributed by atoms with van der Waals surface area (Å²) in [5, 5.41) is 3.51. The van der Waals surface area contributed by atoms with Crippen molar-refractivity contribution in [1.29, 1.82) is 0 Å². The summed E-state index contributed by atoms with van der Waals surface area (Å²) in [5.74, 6) is 0.585. The molecular formula is C19H22BrNO3. The largest absolute Gasteiger partial charge is 0.497 e. The van der Waals surface area contributed by atoms with Crippen molar-refractivity contribution >= 4 is 21.9 Å². The monoisotopic (exact) mass is 391 g/mol. The van der Waals surface area contributed by atoms with E-state index in [4.69, 9.17) is 9.47 Å². The maximum atomic E-state index is 11.8. The average Bonchev–Trinajstić information content (AvgIpc) is 2.61. The number of halogens is 1. The van der Waals surface area contributed by atoms with Crippen LogP contribution in [0.15, 0.2) is 53.0 Å². The Morgan fingerprint density at radius 3 is 2.17 bits per heavy atom. The molecular weight excluding hydrogens is 370 g/mol. The van der Waals surface area contributed by atoms with E-state index >= 15 is 0 Å². The summed E-state index contributed by atoms with van der Waals surface area (Å²) in [5.41, 5.74) is 2.17. The van der Waals surface area contributed by atoms with Crippen LogP contribution in [0.1, 0.15) is 36.6 Å². The third kappa shape index (κ3) is 5.08. The van der Waals surface area contributed by atoms with E-state index in [9.17, 15) is 4.79 Å². The molecule has 0 amide bonds. The Morgan fingerprint density at radius 1 is 1.04 bits per heavy atom. The summed E-state index contributed by atoms with van der Waals surface area (Å²) in [7, 11) is 3.06. The number of methoxy groups -OCH3 is 2. The summed E-state index contributed by atoms with van der Waals surface area (Å²) in [6.45, 7) is 2.07. The second-order valence-corrected chi connectivity index (χ2v) is 6.46. The molecule has 0 aliphatic heterocycles. The molecule has 0 unspecified atom stereocenters. The summed E-state index contributed by atoms with van der Waals surface area (Å²) in [4.78, 5) is 11.8. The van der Waals surface area contributed by atoms with E-state index in [0.717, 1.165) is 21.3 Å². The first-order chi connectivity index (χ1) is 11.5. The van der Waals surface area contributed by atoms with Crippen LogP contribution in [0.5, 0.6) is 5.75 Å². The van der Waals surface area contributed by atoms with Gasteiger partial charge in [0.1, 0.15) is 5.75 Å². The fourth-order valence-electron chi connectivity index (χ4n) is 2.51. The lowest BCUT2D eigenvalue weighted by Gasteiger charge is -2.23. The Hall–Kier alpha value is -1.85. The van der Waals surface area contributed by atoms with Crippen molar-refractivity contribution in [2.75, 3.05) is 14.2 Å². The minimum absolute atomic E-state index is 0.0780. The van der Waals surface area contributed by atoms with Gasteiger partial charge in [0.25, 0.3) is 0 Å². The van der Waals surface area contributed by atoms with Crippen LogP contribution in [0.25, 0.3) is 0 Å². The van der Waals surface area contributed by atoms with Crippen LogP contribution in [0.4, 0.5) is 0 Å². The van der Waals surface area contributed by atoms with Gasteiger partial charge in [0.2, 0.25) is 0 Å². The number of esters is 1. The Balaban J connectivity index is 2.16. The van der Waals surface area contributed by atoms with E-state index in [1.54, 1.807) is 7.11 Å². The smallest absolute Gasteiger partial charge is 0.307 e. The lowest BCUT2D eigenvalue weighted by atomic mass is 10.0. The predicted molar refractivity (Wildman–Crippen MR) is 98.1 cm³/mol. The van der Waals surface area contributed by atoms with Crippen molar-refractivity contribution in [2.45, 2.75) is 25.4 Å². The van der Waals surface area contributed by atoms with Crippen LogP contribution in [0, 0.1) is 0 Å². The maximum Gasteiger partial charge on any atom is 0.307 e. The molecule has 24 heavy (non-hydrogen) atoms. The van der Waals surface area contributed by atoms with E-state index in [2.05, 4.69) is 28.2 Å². The van der Waals surface area contributed by atoms with Crippen LogP contribution in [-0.2, 0) is 9.53 Å². The van der Waals surface area contributed by atoms with E-state index in [1.165, 1.54) is 7.11 Å². The van der Waals surface area contributed by atoms with E-state index in [1.807, 2.05) is 48.5 Å². The highest BCUT2D eigenvalue weighted by Gasteiger charge is 2.19. The van der Waals surface area contributed by atoms with Crippen molar-refractivity contribution in [2.24, 2.45) is 0 Å². The molecule has 0 bridgehead atoms. The first-order valence-electron chi connectivity index (χ1n) is 7.75. The molecule has 2 aromatic carbocycles. The van der Waals surface area contributed by atoms with Gasteiger partial charge in [0.05, 0.1) is 20.6 Å². The zero-order valence-corrected chi connectivity index (χ0v) is 15.7. The standard InChI is InChI=1S/C19H22BrNO3/c1-13(14-6-10-17(23-2)11-7-14)21-18(12-19(22)24-3)15-4-8-16(20)9-5-15/h4-11,13,18,21H,12H2,1-3H3/t13-,18+/m1/s1. The van der Waals surface area contributed by atoms with Crippen molar-refractivity contribution < 1.29 is 14.3 Å². The molecule has 2 rings (SSSR count). The Morgan fingerprint density at radius 2 is 1.62 bits per heavy atom. The van der Waals surface area contributed by atoms with Gasteiger partial charge in [-0.3, -0.25) is 4.79 Å². The van der Waals surface area contributed by atoms with Crippen LogP contribution in [-0.4, -0.2) is 20.2 Å². The first kappa shape index (κ1) is 18.5. The average molecular weight is 392 g/mol.